The number of ether oxygens (including phenoxy) is 1. The molecule has 1 aromatic heterocycles. The van der Waals surface area contributed by atoms with Gasteiger partial charge in [-0.15, -0.1) is 5.10 Å². The van der Waals surface area contributed by atoms with Crippen molar-refractivity contribution in [1.82, 2.24) is 14.8 Å². The van der Waals surface area contributed by atoms with Crippen LogP contribution in [0, 0.1) is 0 Å². The van der Waals surface area contributed by atoms with Gasteiger partial charge in [-0.2, -0.15) is 0 Å². The Kier molecular flexibility index (Phi) is 3.33. The van der Waals surface area contributed by atoms with Crippen LogP contribution in [0.3, 0.4) is 0 Å². The van der Waals surface area contributed by atoms with Crippen molar-refractivity contribution in [2.24, 2.45) is 0 Å². The van der Waals surface area contributed by atoms with Crippen molar-refractivity contribution in [3.8, 4) is 0 Å². The van der Waals surface area contributed by atoms with Gasteiger partial charge in [0, 0.05) is 0 Å². The molecular weight excluding hydrogens is 232 g/mol. The molecule has 1 aliphatic rings. The molecule has 0 aliphatic carbocycles. The van der Waals surface area contributed by atoms with Gasteiger partial charge in [-0.05, 0) is 0 Å². The molecule has 0 bridgehead atoms. The van der Waals surface area contributed by atoms with Crippen LogP contribution in [-0.2, 0) is 9.53 Å². The van der Waals surface area contributed by atoms with Gasteiger partial charge >= 0.3 is 6.41 Å². The van der Waals surface area contributed by atoms with Crippen LogP contribution in [0.15, 0.2) is 6.33 Å². The Bertz CT molecular complexity index is 397. The minimum atomic E-state index is -1.23. The number of aliphatic hydroxyl groups excluding tert-OH is 3. The van der Waals surface area contributed by atoms with Crippen molar-refractivity contribution in [2.75, 3.05) is 11.9 Å². The Balaban J connectivity index is 2.14. The summed E-state index contributed by atoms with van der Waals surface area (Å²) in [5.74, 6) is -0.00209. The number of aliphatic hydroxyl groups is 3. The average molecular weight is 243 g/mol. The van der Waals surface area contributed by atoms with Crippen molar-refractivity contribution < 1.29 is 24.9 Å². The summed E-state index contributed by atoms with van der Waals surface area (Å²) in [5, 5.41) is 34.0. The zero-order chi connectivity index (χ0) is 12.4. The third-order valence-corrected chi connectivity index (χ3v) is 2.45. The fourth-order valence-corrected chi connectivity index (χ4v) is 1.60. The van der Waals surface area contributed by atoms with E-state index >= 15 is 0 Å². The maximum absolute atomic E-state index is 10.0. The molecule has 1 radical (unpaired) electrons. The highest BCUT2D eigenvalue weighted by molar-refractivity contribution is 5.66. The molecular formula is C8H11N4O5. The minimum Gasteiger partial charge on any atom is -0.394 e. The van der Waals surface area contributed by atoms with Gasteiger partial charge < -0.3 is 20.1 Å². The summed E-state index contributed by atoms with van der Waals surface area (Å²) in [7, 11) is 0. The lowest BCUT2D eigenvalue weighted by atomic mass is 10.1. The van der Waals surface area contributed by atoms with Crippen LogP contribution in [-0.4, -0.2) is 61.4 Å². The molecule has 0 aromatic carbocycles. The first kappa shape index (κ1) is 11.9. The SMILES string of the molecule is O=[C]Nc1ncn([C@@H]2O[C@H](CO)[C@@H](O)[C@H]2O)n1. The van der Waals surface area contributed by atoms with E-state index in [4.69, 9.17) is 9.84 Å². The summed E-state index contributed by atoms with van der Waals surface area (Å²) in [6, 6.07) is 0. The van der Waals surface area contributed by atoms with Gasteiger partial charge in [-0.3, -0.25) is 10.1 Å². The molecule has 0 spiro atoms. The Hall–Kier alpha value is -1.55. The van der Waals surface area contributed by atoms with Crippen molar-refractivity contribution >= 4 is 12.4 Å². The molecule has 17 heavy (non-hydrogen) atoms. The van der Waals surface area contributed by atoms with E-state index in [1.807, 2.05) is 0 Å². The number of rotatable bonds is 4. The minimum absolute atomic E-state index is 0.00209. The summed E-state index contributed by atoms with van der Waals surface area (Å²) >= 11 is 0. The molecule has 9 nitrogen and oxygen atoms in total. The van der Waals surface area contributed by atoms with Gasteiger partial charge in [-0.25, -0.2) is 9.67 Å². The van der Waals surface area contributed by atoms with Crippen molar-refractivity contribution in [3.63, 3.8) is 0 Å². The van der Waals surface area contributed by atoms with Gasteiger partial charge in [0.1, 0.15) is 24.6 Å². The van der Waals surface area contributed by atoms with E-state index in [0.717, 1.165) is 4.68 Å². The average Bonchev–Trinajstić information content (AvgIpc) is 2.87. The number of hydrogen-bond donors (Lipinski definition) is 4. The first-order valence-electron chi connectivity index (χ1n) is 4.84. The maximum atomic E-state index is 10.0. The molecule has 1 aliphatic heterocycles. The number of amides is 1. The Morgan fingerprint density at radius 1 is 1.53 bits per heavy atom. The number of carbonyl (C=O) groups excluding carboxylic acids is 1. The van der Waals surface area contributed by atoms with E-state index in [2.05, 4.69) is 15.4 Å². The topological polar surface area (TPSA) is 130 Å². The van der Waals surface area contributed by atoms with E-state index in [9.17, 15) is 15.0 Å². The summed E-state index contributed by atoms with van der Waals surface area (Å²) < 4.78 is 6.34. The van der Waals surface area contributed by atoms with Gasteiger partial charge in [0.05, 0.1) is 6.61 Å². The van der Waals surface area contributed by atoms with E-state index in [-0.39, 0.29) is 5.95 Å². The van der Waals surface area contributed by atoms with E-state index in [1.54, 1.807) is 0 Å². The quantitative estimate of drug-likeness (QED) is 0.425. The van der Waals surface area contributed by atoms with Crippen LogP contribution >= 0.6 is 0 Å². The molecule has 0 unspecified atom stereocenters. The molecule has 2 rings (SSSR count). The van der Waals surface area contributed by atoms with Crippen LogP contribution in [0.1, 0.15) is 6.23 Å². The second-order valence-electron chi connectivity index (χ2n) is 3.50. The second kappa shape index (κ2) is 4.75. The normalized spacial score (nSPS) is 32.6. The van der Waals surface area contributed by atoms with Crippen LogP contribution in [0.5, 0.6) is 0 Å². The third kappa shape index (κ3) is 2.13. The molecule has 93 valence electrons. The fraction of sp³-hybridized carbons (Fsp3) is 0.625. The standard InChI is InChI=1S/C8H11N4O5/c13-1-4-5(15)6(16)7(17-4)12-2-9-8(11-12)10-3-14/h2,4-7,13,15-16H,1H2,(H,10,11,14)/t4-,5-,6-,7-/m1/s1. The van der Waals surface area contributed by atoms with E-state index < -0.39 is 31.1 Å². The molecule has 1 amide bonds. The number of nitrogens with zero attached hydrogens (tertiary/aromatic N) is 3. The predicted octanol–water partition coefficient (Wildman–Crippen LogP) is -2.63. The van der Waals surface area contributed by atoms with E-state index in [0.29, 0.717) is 0 Å². The molecule has 4 atom stereocenters. The molecule has 1 saturated heterocycles. The highest BCUT2D eigenvalue weighted by Gasteiger charge is 2.43. The van der Waals surface area contributed by atoms with Crippen LogP contribution < -0.4 is 5.32 Å². The van der Waals surface area contributed by atoms with Crippen LogP contribution in [0.25, 0.3) is 0 Å². The Labute approximate surface area is 95.6 Å². The first-order valence-corrected chi connectivity index (χ1v) is 4.84. The third-order valence-electron chi connectivity index (χ3n) is 2.45. The molecule has 0 saturated carbocycles. The summed E-state index contributed by atoms with van der Waals surface area (Å²) in [4.78, 5) is 13.7. The summed E-state index contributed by atoms with van der Waals surface area (Å²) in [6.45, 7) is -0.420. The Morgan fingerprint density at radius 2 is 2.29 bits per heavy atom. The zero-order valence-corrected chi connectivity index (χ0v) is 8.59. The van der Waals surface area contributed by atoms with Gasteiger partial charge in [0.15, 0.2) is 6.23 Å². The van der Waals surface area contributed by atoms with Crippen LogP contribution in [0.2, 0.25) is 0 Å². The highest BCUT2D eigenvalue weighted by atomic mass is 16.6. The largest absolute Gasteiger partial charge is 0.394 e. The molecule has 1 fully saturated rings. The lowest BCUT2D eigenvalue weighted by Gasteiger charge is -2.13. The molecule has 2 heterocycles. The van der Waals surface area contributed by atoms with Gasteiger partial charge in [0.2, 0.25) is 5.95 Å². The number of aromatic nitrogens is 3. The number of nitrogens with one attached hydrogen (secondary N) is 1. The lowest BCUT2D eigenvalue weighted by molar-refractivity contribution is -0.0586. The van der Waals surface area contributed by atoms with Gasteiger partial charge in [0.25, 0.3) is 0 Å². The highest BCUT2D eigenvalue weighted by Crippen LogP contribution is 2.28. The number of hydrogen-bond acceptors (Lipinski definition) is 7. The first-order chi connectivity index (χ1) is 8.17. The Morgan fingerprint density at radius 3 is 2.88 bits per heavy atom. The summed E-state index contributed by atoms with van der Waals surface area (Å²) in [6.07, 6.45) is -1.66. The van der Waals surface area contributed by atoms with E-state index in [1.165, 1.54) is 12.7 Å². The fourth-order valence-electron chi connectivity index (χ4n) is 1.60. The summed E-state index contributed by atoms with van der Waals surface area (Å²) in [5.41, 5.74) is 0. The lowest BCUT2D eigenvalue weighted by Crippen LogP contribution is -2.33. The van der Waals surface area contributed by atoms with Crippen molar-refractivity contribution in [1.29, 1.82) is 0 Å². The van der Waals surface area contributed by atoms with Crippen molar-refractivity contribution in [2.45, 2.75) is 24.5 Å². The molecule has 9 heteroatoms. The maximum Gasteiger partial charge on any atom is 0.316 e. The van der Waals surface area contributed by atoms with Crippen molar-refractivity contribution in [3.05, 3.63) is 6.33 Å². The van der Waals surface area contributed by atoms with Crippen LogP contribution in [0.4, 0.5) is 5.95 Å². The second-order valence-corrected chi connectivity index (χ2v) is 3.50. The predicted molar refractivity (Wildman–Crippen MR) is 52.3 cm³/mol. The molecule has 1 aromatic rings. The van der Waals surface area contributed by atoms with Gasteiger partial charge in [-0.1, -0.05) is 0 Å². The monoisotopic (exact) mass is 243 g/mol. The number of anilines is 1. The molecule has 4 N–H and O–H groups in total. The zero-order valence-electron chi connectivity index (χ0n) is 8.59. The smallest absolute Gasteiger partial charge is 0.316 e.